The predicted octanol–water partition coefficient (Wildman–Crippen LogP) is -1.62. The van der Waals surface area contributed by atoms with Crippen LogP contribution in [0.1, 0.15) is 12.8 Å². The van der Waals surface area contributed by atoms with Crippen LogP contribution < -0.4 is 22.7 Å². The van der Waals surface area contributed by atoms with Gasteiger partial charge in [0, 0.05) is 6.54 Å². The lowest BCUT2D eigenvalue weighted by Crippen LogP contribution is -2.37. The Morgan fingerprint density at radius 3 is 2.57 bits per heavy atom. The number of nitrogens with one attached hydrogen (secondary N) is 1. The molecule has 14 heavy (non-hydrogen) atoms. The average Bonchev–Trinajstić information content (AvgIpc) is 2.11. The lowest BCUT2D eigenvalue weighted by atomic mass is 10.2. The molecule has 0 rings (SSSR count). The lowest BCUT2D eigenvalue weighted by molar-refractivity contribution is -0.138. The molecule has 0 amide bonds. The van der Waals surface area contributed by atoms with Crippen molar-refractivity contribution in [1.82, 2.24) is 5.43 Å². The van der Waals surface area contributed by atoms with Crippen molar-refractivity contribution in [3.05, 3.63) is 0 Å². The van der Waals surface area contributed by atoms with Crippen LogP contribution in [-0.2, 0) is 4.79 Å². The van der Waals surface area contributed by atoms with Crippen LogP contribution in [0.4, 0.5) is 0 Å². The normalized spacial score (nSPS) is 12.9. The molecule has 0 saturated carbocycles. The molecular weight excluding hydrogens is 210 g/mol. The van der Waals surface area contributed by atoms with Crippen LogP contribution in [0.15, 0.2) is 4.99 Å². The number of rotatable bonds is 5. The van der Waals surface area contributed by atoms with E-state index in [0.29, 0.717) is 19.4 Å². The zero-order chi connectivity index (χ0) is 10.3. The number of hydrogen-bond acceptors (Lipinski definition) is 4. The second-order valence-electron chi connectivity index (χ2n) is 2.50. The van der Waals surface area contributed by atoms with Gasteiger partial charge in [-0.3, -0.25) is 15.2 Å². The number of carbonyl (C=O) groups is 1. The number of hydrazine groups is 1. The molecule has 0 aliphatic carbocycles. The summed E-state index contributed by atoms with van der Waals surface area (Å²) in [6, 6.07) is -0.831. The third-order valence-electron chi connectivity index (χ3n) is 1.42. The minimum Gasteiger partial charge on any atom is -0.480 e. The Hall–Kier alpha value is -1.05. The Balaban J connectivity index is 0. The Morgan fingerprint density at radius 2 is 2.14 bits per heavy atom. The molecule has 0 aromatic heterocycles. The topological polar surface area (TPSA) is 140 Å². The molecule has 1 unspecified atom stereocenters. The van der Waals surface area contributed by atoms with E-state index in [1.165, 1.54) is 0 Å². The van der Waals surface area contributed by atoms with Gasteiger partial charge in [-0.15, -0.1) is 12.4 Å². The number of nitrogens with zero attached hydrogens (tertiary/aromatic N) is 1. The molecule has 0 fully saturated rings. The zero-order valence-corrected chi connectivity index (χ0v) is 8.46. The van der Waals surface area contributed by atoms with E-state index < -0.39 is 12.0 Å². The van der Waals surface area contributed by atoms with Gasteiger partial charge < -0.3 is 16.6 Å². The summed E-state index contributed by atoms with van der Waals surface area (Å²) in [5.41, 5.74) is 12.6. The van der Waals surface area contributed by atoms with E-state index >= 15 is 0 Å². The standard InChI is InChI=1S/C6H15N5O2.ClH/c7-4(5(12)13)2-1-3-10-6(8)11-9;/h4H,1-3,7,9H2,(H,12,13)(H3,8,10,11);1H. The largest absolute Gasteiger partial charge is 0.480 e. The van der Waals surface area contributed by atoms with Gasteiger partial charge in [0.1, 0.15) is 6.04 Å². The summed E-state index contributed by atoms with van der Waals surface area (Å²) in [5, 5.41) is 8.42. The number of nitrogens with two attached hydrogens (primary N) is 3. The first-order valence-corrected chi connectivity index (χ1v) is 3.83. The molecule has 0 bridgehead atoms. The van der Waals surface area contributed by atoms with E-state index in [0.717, 1.165) is 0 Å². The van der Waals surface area contributed by atoms with Gasteiger partial charge in [0.15, 0.2) is 0 Å². The van der Waals surface area contributed by atoms with Crippen LogP contribution in [0.2, 0.25) is 0 Å². The van der Waals surface area contributed by atoms with E-state index in [4.69, 9.17) is 22.4 Å². The first-order valence-electron chi connectivity index (χ1n) is 3.83. The summed E-state index contributed by atoms with van der Waals surface area (Å²) < 4.78 is 0. The number of aliphatic imine (C=N–C) groups is 1. The Kier molecular flexibility index (Phi) is 9.41. The molecule has 0 aromatic rings. The van der Waals surface area contributed by atoms with Crippen molar-refractivity contribution in [2.24, 2.45) is 22.3 Å². The van der Waals surface area contributed by atoms with E-state index in [1.807, 2.05) is 0 Å². The molecule has 84 valence electrons. The Morgan fingerprint density at radius 1 is 1.57 bits per heavy atom. The maximum Gasteiger partial charge on any atom is 0.320 e. The zero-order valence-electron chi connectivity index (χ0n) is 7.64. The van der Waals surface area contributed by atoms with Crippen LogP contribution in [0.3, 0.4) is 0 Å². The number of halogens is 1. The van der Waals surface area contributed by atoms with Crippen molar-refractivity contribution in [2.75, 3.05) is 6.54 Å². The van der Waals surface area contributed by atoms with Crippen molar-refractivity contribution in [3.63, 3.8) is 0 Å². The van der Waals surface area contributed by atoms with E-state index in [2.05, 4.69) is 10.4 Å². The van der Waals surface area contributed by atoms with Crippen molar-refractivity contribution in [2.45, 2.75) is 18.9 Å². The minimum atomic E-state index is -1.01. The molecular formula is C6H16ClN5O2. The molecule has 8 heteroatoms. The second kappa shape index (κ2) is 8.54. The van der Waals surface area contributed by atoms with Crippen molar-refractivity contribution < 1.29 is 9.90 Å². The third-order valence-corrected chi connectivity index (χ3v) is 1.42. The number of carboxylic acids is 1. The van der Waals surface area contributed by atoms with Crippen molar-refractivity contribution in [3.8, 4) is 0 Å². The van der Waals surface area contributed by atoms with Crippen molar-refractivity contribution in [1.29, 1.82) is 0 Å². The molecule has 0 spiro atoms. The van der Waals surface area contributed by atoms with Crippen molar-refractivity contribution >= 4 is 24.3 Å². The van der Waals surface area contributed by atoms with Gasteiger partial charge >= 0.3 is 5.97 Å². The quantitative estimate of drug-likeness (QED) is 0.125. The van der Waals surface area contributed by atoms with Crippen LogP contribution in [0, 0.1) is 0 Å². The highest BCUT2D eigenvalue weighted by Gasteiger charge is 2.09. The maximum absolute atomic E-state index is 10.3. The second-order valence-corrected chi connectivity index (χ2v) is 2.50. The van der Waals surface area contributed by atoms with Gasteiger partial charge in [0.05, 0.1) is 0 Å². The van der Waals surface area contributed by atoms with Gasteiger partial charge in [-0.1, -0.05) is 0 Å². The summed E-state index contributed by atoms with van der Waals surface area (Å²) in [6.45, 7) is 0.414. The van der Waals surface area contributed by atoms with Crippen LogP contribution in [0.5, 0.6) is 0 Å². The fourth-order valence-corrected chi connectivity index (χ4v) is 0.680. The summed E-state index contributed by atoms with van der Waals surface area (Å²) in [7, 11) is 0. The summed E-state index contributed by atoms with van der Waals surface area (Å²) in [5.74, 6) is 4.06. The third kappa shape index (κ3) is 7.59. The number of carboxylic acid groups (broad SMARTS) is 1. The molecule has 8 N–H and O–H groups in total. The van der Waals surface area contributed by atoms with Gasteiger partial charge in [-0.25, -0.2) is 5.84 Å². The van der Waals surface area contributed by atoms with Crippen LogP contribution in [-0.4, -0.2) is 29.6 Å². The number of aliphatic carboxylic acids is 1. The fourth-order valence-electron chi connectivity index (χ4n) is 0.680. The minimum absolute atomic E-state index is 0. The molecule has 1 atom stereocenters. The summed E-state index contributed by atoms with van der Waals surface area (Å²) in [6.07, 6.45) is 0.937. The van der Waals surface area contributed by atoms with Gasteiger partial charge in [0.25, 0.3) is 0 Å². The highest BCUT2D eigenvalue weighted by molar-refractivity contribution is 5.85. The van der Waals surface area contributed by atoms with Crippen LogP contribution >= 0.6 is 12.4 Å². The molecule has 0 aromatic carbocycles. The average molecular weight is 226 g/mol. The van der Waals surface area contributed by atoms with Crippen LogP contribution in [0.25, 0.3) is 0 Å². The smallest absolute Gasteiger partial charge is 0.320 e. The van der Waals surface area contributed by atoms with E-state index in [-0.39, 0.29) is 18.4 Å². The number of hydrogen-bond donors (Lipinski definition) is 5. The first kappa shape index (κ1) is 15.4. The van der Waals surface area contributed by atoms with Gasteiger partial charge in [-0.05, 0) is 12.8 Å². The van der Waals surface area contributed by atoms with E-state index in [9.17, 15) is 4.79 Å². The highest BCUT2D eigenvalue weighted by Crippen LogP contribution is 1.94. The van der Waals surface area contributed by atoms with E-state index in [1.54, 1.807) is 0 Å². The molecule has 0 radical (unpaired) electrons. The maximum atomic E-state index is 10.3. The molecule has 0 aliphatic heterocycles. The molecule has 0 saturated heterocycles. The SMILES string of the molecule is Cl.NNC(N)=NCCCC(N)C(=O)O. The predicted molar refractivity (Wildman–Crippen MR) is 55.9 cm³/mol. The van der Waals surface area contributed by atoms with Gasteiger partial charge in [0.2, 0.25) is 5.96 Å². The Labute approximate surface area is 88.1 Å². The molecule has 0 heterocycles. The summed E-state index contributed by atoms with van der Waals surface area (Å²) >= 11 is 0. The monoisotopic (exact) mass is 225 g/mol. The highest BCUT2D eigenvalue weighted by atomic mass is 35.5. The lowest BCUT2D eigenvalue weighted by Gasteiger charge is -2.04. The first-order chi connectivity index (χ1) is 6.07. The molecule has 7 nitrogen and oxygen atoms in total. The fraction of sp³-hybridized carbons (Fsp3) is 0.667. The molecule has 0 aliphatic rings. The summed E-state index contributed by atoms with van der Waals surface area (Å²) in [4.78, 5) is 14.0. The number of guanidine groups is 1. The Bertz CT molecular complexity index is 199. The van der Waals surface area contributed by atoms with Gasteiger partial charge in [-0.2, -0.15) is 0 Å².